The molecule has 2 aliphatic rings. The van der Waals surface area contributed by atoms with Crippen LogP contribution in [0.25, 0.3) is 0 Å². The molecule has 0 saturated carbocycles. The van der Waals surface area contributed by atoms with E-state index in [1.807, 2.05) is 4.90 Å². The summed E-state index contributed by atoms with van der Waals surface area (Å²) in [5.74, 6) is 1.40. The second-order valence-electron chi connectivity index (χ2n) is 5.43. The molecular formula is C11H17N5O. The molecule has 2 saturated heterocycles. The topological polar surface area (TPSA) is 73.9 Å². The predicted molar refractivity (Wildman–Crippen MR) is 61.3 cm³/mol. The quantitative estimate of drug-likeness (QED) is 0.711. The van der Waals surface area contributed by atoms with E-state index in [-0.39, 0.29) is 11.4 Å². The Morgan fingerprint density at radius 2 is 2.35 bits per heavy atom. The van der Waals surface area contributed by atoms with Crippen molar-refractivity contribution in [1.29, 1.82) is 0 Å². The summed E-state index contributed by atoms with van der Waals surface area (Å²) < 4.78 is 0. The van der Waals surface area contributed by atoms with Crippen molar-refractivity contribution in [3.8, 4) is 0 Å². The molecule has 0 bridgehead atoms. The van der Waals surface area contributed by atoms with E-state index < -0.39 is 0 Å². The molecule has 1 aromatic rings. The monoisotopic (exact) mass is 235 g/mol. The van der Waals surface area contributed by atoms with Gasteiger partial charge in [-0.25, -0.2) is 4.98 Å². The number of hydrogen-bond donors (Lipinski definition) is 2. The first-order chi connectivity index (χ1) is 8.10. The summed E-state index contributed by atoms with van der Waals surface area (Å²) in [6.07, 6.45) is 1.37. The third-order valence-electron chi connectivity index (χ3n) is 4.22. The van der Waals surface area contributed by atoms with Crippen LogP contribution in [0.3, 0.4) is 0 Å². The van der Waals surface area contributed by atoms with Crippen molar-refractivity contribution in [1.82, 2.24) is 25.4 Å². The Hall–Kier alpha value is -1.43. The SMILES string of the molecule is CC1(C)C2CNCC2CN1C(=O)c1ncn[nH]1. The van der Waals surface area contributed by atoms with Crippen molar-refractivity contribution >= 4 is 5.91 Å². The zero-order valence-corrected chi connectivity index (χ0v) is 10.1. The number of nitrogens with zero attached hydrogens (tertiary/aromatic N) is 3. The van der Waals surface area contributed by atoms with Crippen LogP contribution in [0, 0.1) is 11.8 Å². The Bertz CT molecular complexity index is 427. The fraction of sp³-hybridized carbons (Fsp3) is 0.727. The largest absolute Gasteiger partial charge is 0.330 e. The highest BCUT2D eigenvalue weighted by molar-refractivity contribution is 5.91. The Balaban J connectivity index is 1.87. The molecule has 1 amide bonds. The van der Waals surface area contributed by atoms with Crippen LogP contribution in [0.1, 0.15) is 24.5 Å². The van der Waals surface area contributed by atoms with Crippen LogP contribution in [0.5, 0.6) is 0 Å². The molecule has 2 unspecified atom stereocenters. The molecule has 2 atom stereocenters. The molecule has 0 spiro atoms. The molecule has 0 aromatic carbocycles. The lowest BCUT2D eigenvalue weighted by atomic mass is 9.85. The molecule has 17 heavy (non-hydrogen) atoms. The highest BCUT2D eigenvalue weighted by Crippen LogP contribution is 2.40. The van der Waals surface area contributed by atoms with Crippen LogP contribution in [-0.2, 0) is 0 Å². The van der Waals surface area contributed by atoms with Crippen molar-refractivity contribution in [2.24, 2.45) is 11.8 Å². The number of aromatic amines is 1. The van der Waals surface area contributed by atoms with Crippen LogP contribution < -0.4 is 5.32 Å². The lowest BCUT2D eigenvalue weighted by molar-refractivity contribution is 0.0591. The molecule has 6 heteroatoms. The van der Waals surface area contributed by atoms with Gasteiger partial charge in [0.25, 0.3) is 5.91 Å². The number of rotatable bonds is 1. The van der Waals surface area contributed by atoms with E-state index in [0.717, 1.165) is 19.6 Å². The van der Waals surface area contributed by atoms with Crippen molar-refractivity contribution < 1.29 is 4.79 Å². The minimum Gasteiger partial charge on any atom is -0.330 e. The minimum atomic E-state index is -0.113. The molecule has 1 aromatic heterocycles. The Labute approximate surface area is 99.8 Å². The van der Waals surface area contributed by atoms with Gasteiger partial charge in [0.1, 0.15) is 6.33 Å². The average molecular weight is 235 g/mol. The lowest BCUT2D eigenvalue weighted by Gasteiger charge is -2.35. The highest BCUT2D eigenvalue weighted by Gasteiger charge is 2.51. The zero-order chi connectivity index (χ0) is 12.0. The summed E-state index contributed by atoms with van der Waals surface area (Å²) in [6, 6.07) is 0. The second kappa shape index (κ2) is 3.53. The molecule has 3 rings (SSSR count). The fourth-order valence-corrected chi connectivity index (χ4v) is 3.20. The number of aromatic nitrogens is 3. The van der Waals surface area contributed by atoms with Gasteiger partial charge < -0.3 is 10.2 Å². The molecule has 2 aliphatic heterocycles. The first kappa shape index (κ1) is 10.7. The molecule has 2 fully saturated rings. The van der Waals surface area contributed by atoms with Crippen LogP contribution in [0.15, 0.2) is 6.33 Å². The Kier molecular flexibility index (Phi) is 2.22. The van der Waals surface area contributed by atoms with E-state index in [0.29, 0.717) is 17.7 Å². The summed E-state index contributed by atoms with van der Waals surface area (Å²) in [5.41, 5.74) is -0.113. The van der Waals surface area contributed by atoms with E-state index in [4.69, 9.17) is 0 Å². The maximum absolute atomic E-state index is 12.3. The fourth-order valence-electron chi connectivity index (χ4n) is 3.20. The van der Waals surface area contributed by atoms with Crippen LogP contribution >= 0.6 is 0 Å². The van der Waals surface area contributed by atoms with Gasteiger partial charge in [-0.1, -0.05) is 0 Å². The molecular weight excluding hydrogens is 218 g/mol. The normalized spacial score (nSPS) is 30.6. The van der Waals surface area contributed by atoms with Gasteiger partial charge in [-0.2, -0.15) is 5.10 Å². The molecule has 2 N–H and O–H groups in total. The van der Waals surface area contributed by atoms with Gasteiger partial charge in [-0.3, -0.25) is 9.89 Å². The second-order valence-corrected chi connectivity index (χ2v) is 5.43. The van der Waals surface area contributed by atoms with E-state index in [1.54, 1.807) is 0 Å². The Morgan fingerprint density at radius 3 is 3.00 bits per heavy atom. The summed E-state index contributed by atoms with van der Waals surface area (Å²) in [7, 11) is 0. The zero-order valence-electron chi connectivity index (χ0n) is 10.1. The van der Waals surface area contributed by atoms with Gasteiger partial charge in [0.2, 0.25) is 5.82 Å². The highest BCUT2D eigenvalue weighted by atomic mass is 16.2. The summed E-state index contributed by atoms with van der Waals surface area (Å²) >= 11 is 0. The number of H-pyrrole nitrogens is 1. The molecule has 3 heterocycles. The maximum atomic E-state index is 12.3. The molecule has 6 nitrogen and oxygen atoms in total. The number of hydrogen-bond acceptors (Lipinski definition) is 4. The number of amides is 1. The third kappa shape index (κ3) is 1.47. The first-order valence-electron chi connectivity index (χ1n) is 5.99. The maximum Gasteiger partial charge on any atom is 0.291 e. The molecule has 92 valence electrons. The number of likely N-dealkylation sites (tertiary alicyclic amines) is 1. The van der Waals surface area contributed by atoms with E-state index in [1.165, 1.54) is 6.33 Å². The van der Waals surface area contributed by atoms with Crippen molar-refractivity contribution in [2.75, 3.05) is 19.6 Å². The third-order valence-corrected chi connectivity index (χ3v) is 4.22. The summed E-state index contributed by atoms with van der Waals surface area (Å²) in [6.45, 7) is 7.09. The average Bonchev–Trinajstić information content (AvgIpc) is 2.97. The van der Waals surface area contributed by atoms with Crippen molar-refractivity contribution in [3.05, 3.63) is 12.2 Å². The van der Waals surface area contributed by atoms with Crippen LogP contribution in [-0.4, -0.2) is 51.2 Å². The summed E-state index contributed by atoms with van der Waals surface area (Å²) in [5, 5.41) is 9.79. The van der Waals surface area contributed by atoms with Gasteiger partial charge in [0.15, 0.2) is 0 Å². The van der Waals surface area contributed by atoms with E-state index >= 15 is 0 Å². The van der Waals surface area contributed by atoms with E-state index in [9.17, 15) is 4.79 Å². The smallest absolute Gasteiger partial charge is 0.291 e. The van der Waals surface area contributed by atoms with Gasteiger partial charge in [0, 0.05) is 25.2 Å². The number of fused-ring (bicyclic) bond motifs is 1. The molecule has 0 aliphatic carbocycles. The number of carbonyl (C=O) groups excluding carboxylic acids is 1. The Morgan fingerprint density at radius 1 is 1.53 bits per heavy atom. The lowest BCUT2D eigenvalue weighted by Crippen LogP contribution is -2.47. The minimum absolute atomic E-state index is 0.0399. The molecule has 0 radical (unpaired) electrons. The van der Waals surface area contributed by atoms with Crippen molar-refractivity contribution in [2.45, 2.75) is 19.4 Å². The summed E-state index contributed by atoms with van der Waals surface area (Å²) in [4.78, 5) is 18.2. The van der Waals surface area contributed by atoms with Gasteiger partial charge in [0.05, 0.1) is 0 Å². The number of nitrogens with one attached hydrogen (secondary N) is 2. The standard InChI is InChI=1S/C11H17N5O/c1-11(2)8-4-12-3-7(8)5-16(11)10(17)9-13-6-14-15-9/h6-8,12H,3-5H2,1-2H3,(H,13,14,15). The van der Waals surface area contributed by atoms with Gasteiger partial charge in [-0.15, -0.1) is 0 Å². The van der Waals surface area contributed by atoms with E-state index in [2.05, 4.69) is 34.3 Å². The number of carbonyl (C=O) groups is 1. The predicted octanol–water partition coefficient (Wildman–Crippen LogP) is -0.125. The van der Waals surface area contributed by atoms with Crippen LogP contribution in [0.2, 0.25) is 0 Å². The van der Waals surface area contributed by atoms with Crippen molar-refractivity contribution in [3.63, 3.8) is 0 Å². The van der Waals surface area contributed by atoms with Gasteiger partial charge >= 0.3 is 0 Å². The van der Waals surface area contributed by atoms with Crippen LogP contribution in [0.4, 0.5) is 0 Å². The first-order valence-corrected chi connectivity index (χ1v) is 5.99. The van der Waals surface area contributed by atoms with Gasteiger partial charge in [-0.05, 0) is 25.7 Å².